The summed E-state index contributed by atoms with van der Waals surface area (Å²) in [5.74, 6) is -0.841. The van der Waals surface area contributed by atoms with E-state index in [1.54, 1.807) is 18.2 Å². The second-order valence-corrected chi connectivity index (χ2v) is 4.69. The van der Waals surface area contributed by atoms with Gasteiger partial charge >= 0.3 is 5.97 Å². The minimum absolute atomic E-state index is 0.0438. The Morgan fingerprint density at radius 1 is 1.29 bits per heavy atom. The number of amidine groups is 1. The van der Waals surface area contributed by atoms with Crippen LogP contribution >= 0.6 is 0 Å². The van der Waals surface area contributed by atoms with E-state index >= 15 is 0 Å². The lowest BCUT2D eigenvalue weighted by atomic mass is 10.2. The molecule has 0 spiro atoms. The minimum Gasteiger partial charge on any atom is -0.478 e. The lowest BCUT2D eigenvalue weighted by Crippen LogP contribution is -2.11. The number of carbonyl (C=O) groups is 1. The second kappa shape index (κ2) is 6.56. The lowest BCUT2D eigenvalue weighted by Gasteiger charge is -2.07. The molecule has 0 saturated carbocycles. The van der Waals surface area contributed by atoms with Gasteiger partial charge in [0.25, 0.3) is 0 Å². The van der Waals surface area contributed by atoms with Crippen molar-refractivity contribution in [2.45, 2.75) is 6.42 Å². The third kappa shape index (κ3) is 4.07. The SMILES string of the molecule is N=C(N)c1ccc(NCC2=CC=C(C(=O)O)CC=C2)cc1. The van der Waals surface area contributed by atoms with Crippen molar-refractivity contribution in [1.29, 1.82) is 5.41 Å². The van der Waals surface area contributed by atoms with Crippen molar-refractivity contribution in [2.24, 2.45) is 5.73 Å². The van der Waals surface area contributed by atoms with E-state index in [-0.39, 0.29) is 5.84 Å². The van der Waals surface area contributed by atoms with Crippen molar-refractivity contribution in [3.8, 4) is 0 Å². The van der Waals surface area contributed by atoms with Crippen molar-refractivity contribution in [3.63, 3.8) is 0 Å². The number of nitrogens with one attached hydrogen (secondary N) is 2. The van der Waals surface area contributed by atoms with E-state index in [1.165, 1.54) is 0 Å². The predicted octanol–water partition coefficient (Wildman–Crippen LogP) is 2.28. The molecule has 0 unspecified atom stereocenters. The Bertz CT molecular complexity index is 640. The van der Waals surface area contributed by atoms with Crippen molar-refractivity contribution in [2.75, 3.05) is 11.9 Å². The number of anilines is 1. The molecule has 1 aliphatic carbocycles. The van der Waals surface area contributed by atoms with Crippen molar-refractivity contribution >= 4 is 17.5 Å². The Balaban J connectivity index is 1.99. The van der Waals surface area contributed by atoms with E-state index < -0.39 is 5.97 Å². The van der Waals surface area contributed by atoms with Crippen molar-refractivity contribution < 1.29 is 9.90 Å². The molecule has 1 aromatic rings. The van der Waals surface area contributed by atoms with Crippen LogP contribution in [0.3, 0.4) is 0 Å². The van der Waals surface area contributed by atoms with Crippen LogP contribution < -0.4 is 11.1 Å². The number of rotatable bonds is 5. The molecule has 1 aliphatic rings. The monoisotopic (exact) mass is 283 g/mol. The van der Waals surface area contributed by atoms with Crippen LogP contribution in [0.1, 0.15) is 12.0 Å². The maximum absolute atomic E-state index is 10.9. The lowest BCUT2D eigenvalue weighted by molar-refractivity contribution is -0.132. The number of hydrogen-bond acceptors (Lipinski definition) is 3. The van der Waals surface area contributed by atoms with Gasteiger partial charge in [0, 0.05) is 23.4 Å². The Labute approximate surface area is 123 Å². The summed E-state index contributed by atoms with van der Waals surface area (Å²) in [7, 11) is 0. The number of carboxylic acid groups (broad SMARTS) is 1. The standard InChI is InChI=1S/C16H17N3O2/c17-15(18)12-6-8-14(9-7-12)19-10-11-2-1-3-13(5-4-11)16(20)21/h1-2,4-9,19H,3,10H2,(H3,17,18)(H,20,21). The zero-order valence-electron chi connectivity index (χ0n) is 11.5. The summed E-state index contributed by atoms with van der Waals surface area (Å²) in [6, 6.07) is 7.28. The van der Waals surface area contributed by atoms with Gasteiger partial charge in [0.1, 0.15) is 5.84 Å². The van der Waals surface area contributed by atoms with E-state index in [0.717, 1.165) is 11.3 Å². The quantitative estimate of drug-likeness (QED) is 0.492. The molecule has 21 heavy (non-hydrogen) atoms. The Morgan fingerprint density at radius 3 is 2.62 bits per heavy atom. The smallest absolute Gasteiger partial charge is 0.331 e. The molecule has 0 amide bonds. The maximum Gasteiger partial charge on any atom is 0.331 e. The topological polar surface area (TPSA) is 99.2 Å². The van der Waals surface area contributed by atoms with Gasteiger partial charge in [-0.2, -0.15) is 0 Å². The normalized spacial score (nSPS) is 13.9. The number of hydrogen-bond donors (Lipinski definition) is 4. The molecule has 0 atom stereocenters. The van der Waals surface area contributed by atoms with Gasteiger partial charge in [-0.1, -0.05) is 24.3 Å². The molecular weight excluding hydrogens is 266 g/mol. The Hall–Kier alpha value is -2.82. The van der Waals surface area contributed by atoms with Gasteiger partial charge in [-0.25, -0.2) is 4.79 Å². The summed E-state index contributed by atoms with van der Waals surface area (Å²) in [5.41, 5.74) is 8.38. The van der Waals surface area contributed by atoms with Crippen LogP contribution in [0.5, 0.6) is 0 Å². The fourth-order valence-corrected chi connectivity index (χ4v) is 1.92. The maximum atomic E-state index is 10.9. The van der Waals surface area contributed by atoms with Crippen molar-refractivity contribution in [1.82, 2.24) is 0 Å². The summed E-state index contributed by atoms with van der Waals surface area (Å²) in [5, 5.41) is 19.5. The zero-order chi connectivity index (χ0) is 15.2. The molecule has 108 valence electrons. The van der Waals surface area contributed by atoms with E-state index in [0.29, 0.717) is 24.1 Å². The molecule has 1 aromatic carbocycles. The first kappa shape index (κ1) is 14.6. The third-order valence-electron chi connectivity index (χ3n) is 3.14. The van der Waals surface area contributed by atoms with Crippen LogP contribution in [-0.4, -0.2) is 23.5 Å². The molecule has 0 radical (unpaired) electrons. The average molecular weight is 283 g/mol. The number of benzene rings is 1. The first-order valence-corrected chi connectivity index (χ1v) is 6.54. The second-order valence-electron chi connectivity index (χ2n) is 4.69. The first-order valence-electron chi connectivity index (χ1n) is 6.54. The highest BCUT2D eigenvalue weighted by atomic mass is 16.4. The van der Waals surface area contributed by atoms with Gasteiger partial charge in [0.05, 0.1) is 0 Å². The molecule has 0 heterocycles. The fourth-order valence-electron chi connectivity index (χ4n) is 1.92. The van der Waals surface area contributed by atoms with E-state index in [9.17, 15) is 4.79 Å². The first-order chi connectivity index (χ1) is 10.1. The van der Waals surface area contributed by atoms with Gasteiger partial charge < -0.3 is 16.2 Å². The Morgan fingerprint density at radius 2 is 2.00 bits per heavy atom. The van der Waals surface area contributed by atoms with Crippen molar-refractivity contribution in [3.05, 3.63) is 65.3 Å². The molecule has 5 nitrogen and oxygen atoms in total. The molecule has 0 aliphatic heterocycles. The molecule has 2 rings (SSSR count). The highest BCUT2D eigenvalue weighted by molar-refractivity contribution is 5.95. The van der Waals surface area contributed by atoms with Crippen LogP contribution in [-0.2, 0) is 4.79 Å². The minimum atomic E-state index is -0.884. The van der Waals surface area contributed by atoms with Gasteiger partial charge in [0.15, 0.2) is 0 Å². The van der Waals surface area contributed by atoms with E-state index in [1.807, 2.05) is 30.4 Å². The summed E-state index contributed by atoms with van der Waals surface area (Å²) in [6.07, 6.45) is 7.65. The highest BCUT2D eigenvalue weighted by Gasteiger charge is 2.06. The molecule has 5 heteroatoms. The summed E-state index contributed by atoms with van der Waals surface area (Å²) < 4.78 is 0. The highest BCUT2D eigenvalue weighted by Crippen LogP contribution is 2.14. The fraction of sp³-hybridized carbons (Fsp3) is 0.125. The predicted molar refractivity (Wildman–Crippen MR) is 83.5 cm³/mol. The molecule has 5 N–H and O–H groups in total. The van der Waals surface area contributed by atoms with Crippen LogP contribution in [0.2, 0.25) is 0 Å². The third-order valence-corrected chi connectivity index (χ3v) is 3.14. The van der Waals surface area contributed by atoms with Crippen LogP contribution in [0.25, 0.3) is 0 Å². The molecular formula is C16H17N3O2. The number of carboxylic acids is 1. The Kier molecular flexibility index (Phi) is 4.56. The number of allylic oxidation sites excluding steroid dienone is 3. The molecule has 0 saturated heterocycles. The summed E-state index contributed by atoms with van der Waals surface area (Å²) in [6.45, 7) is 0.597. The molecule has 0 fully saturated rings. The summed E-state index contributed by atoms with van der Waals surface area (Å²) >= 11 is 0. The average Bonchev–Trinajstić information content (AvgIpc) is 2.71. The van der Waals surface area contributed by atoms with E-state index in [2.05, 4.69) is 5.32 Å². The molecule has 0 aromatic heterocycles. The largest absolute Gasteiger partial charge is 0.478 e. The van der Waals surface area contributed by atoms with Crippen LogP contribution in [0.4, 0.5) is 5.69 Å². The molecule has 0 bridgehead atoms. The van der Waals surface area contributed by atoms with Gasteiger partial charge in [0.2, 0.25) is 0 Å². The van der Waals surface area contributed by atoms with Crippen LogP contribution in [0.15, 0.2) is 59.7 Å². The zero-order valence-corrected chi connectivity index (χ0v) is 11.5. The van der Waals surface area contributed by atoms with Gasteiger partial charge in [-0.15, -0.1) is 0 Å². The van der Waals surface area contributed by atoms with Gasteiger partial charge in [-0.05, 0) is 36.3 Å². The number of nitrogens with two attached hydrogens (primary N) is 1. The number of aliphatic carboxylic acids is 1. The summed E-state index contributed by atoms with van der Waals surface area (Å²) in [4.78, 5) is 10.9. The van der Waals surface area contributed by atoms with Crippen LogP contribution in [0, 0.1) is 5.41 Å². The van der Waals surface area contributed by atoms with E-state index in [4.69, 9.17) is 16.2 Å². The van der Waals surface area contributed by atoms with Gasteiger partial charge in [-0.3, -0.25) is 5.41 Å². The number of nitrogen functional groups attached to an aromatic ring is 1.